The van der Waals surface area contributed by atoms with Crippen LogP contribution in [0.1, 0.15) is 38.3 Å². The normalized spacial score (nSPS) is 12.0. The Balaban J connectivity index is 2.14. The summed E-state index contributed by atoms with van der Waals surface area (Å²) in [6, 6.07) is 19.5. The number of nitrogens with one attached hydrogen (secondary N) is 1. The number of anilines is 1. The Morgan fingerprint density at radius 3 is 2.15 bits per heavy atom. The number of methoxy groups -OCH3 is 2. The number of amides is 2. The topological polar surface area (TPSA) is 105 Å². The van der Waals surface area contributed by atoms with E-state index in [2.05, 4.69) is 5.32 Å². The fourth-order valence-corrected chi connectivity index (χ4v) is 5.84. The van der Waals surface area contributed by atoms with Crippen molar-refractivity contribution >= 4 is 27.5 Å². The maximum atomic E-state index is 14.2. The number of benzene rings is 3. The van der Waals surface area contributed by atoms with Crippen LogP contribution in [0.25, 0.3) is 0 Å². The highest BCUT2D eigenvalue weighted by Crippen LogP contribution is 2.36. The van der Waals surface area contributed by atoms with Gasteiger partial charge < -0.3 is 19.7 Å². The van der Waals surface area contributed by atoms with Gasteiger partial charge in [-0.25, -0.2) is 8.42 Å². The van der Waals surface area contributed by atoms with Gasteiger partial charge in [0.15, 0.2) is 0 Å². The van der Waals surface area contributed by atoms with Gasteiger partial charge in [-0.05, 0) is 57.0 Å². The largest absolute Gasteiger partial charge is 0.497 e. The Kier molecular flexibility index (Phi) is 10.8. The Morgan fingerprint density at radius 2 is 1.59 bits per heavy atom. The molecule has 41 heavy (non-hydrogen) atoms. The number of nitrogens with zero attached hydrogens (tertiary/aromatic N) is 2. The van der Waals surface area contributed by atoms with Crippen molar-refractivity contribution in [3.8, 4) is 11.5 Å². The number of hydrogen-bond acceptors (Lipinski definition) is 6. The summed E-state index contributed by atoms with van der Waals surface area (Å²) in [6.07, 6.45) is 0.338. The number of hydrogen-bond donors (Lipinski definition) is 1. The van der Waals surface area contributed by atoms with E-state index in [-0.39, 0.29) is 34.8 Å². The molecule has 3 rings (SSSR count). The molecule has 1 atom stereocenters. The van der Waals surface area contributed by atoms with Gasteiger partial charge in [-0.2, -0.15) is 0 Å². The van der Waals surface area contributed by atoms with Crippen molar-refractivity contribution in [1.29, 1.82) is 0 Å². The van der Waals surface area contributed by atoms with E-state index >= 15 is 0 Å². The van der Waals surface area contributed by atoms with Gasteiger partial charge in [0, 0.05) is 18.7 Å². The molecule has 0 unspecified atom stereocenters. The van der Waals surface area contributed by atoms with Crippen LogP contribution in [0.4, 0.5) is 5.69 Å². The zero-order valence-corrected chi connectivity index (χ0v) is 25.3. The van der Waals surface area contributed by atoms with Gasteiger partial charge in [0.1, 0.15) is 24.1 Å². The number of rotatable bonds is 13. The molecule has 0 bridgehead atoms. The predicted octanol–water partition coefficient (Wildman–Crippen LogP) is 4.54. The van der Waals surface area contributed by atoms with Gasteiger partial charge in [0.25, 0.3) is 10.0 Å². The van der Waals surface area contributed by atoms with Crippen LogP contribution in [0, 0.1) is 6.92 Å². The van der Waals surface area contributed by atoms with Crippen molar-refractivity contribution in [2.24, 2.45) is 0 Å². The predicted molar refractivity (Wildman–Crippen MR) is 160 cm³/mol. The summed E-state index contributed by atoms with van der Waals surface area (Å²) in [5, 5.41) is 2.89. The lowest BCUT2D eigenvalue weighted by atomic mass is 10.1. The highest BCUT2D eigenvalue weighted by Gasteiger charge is 2.35. The van der Waals surface area contributed by atoms with E-state index in [1.54, 1.807) is 24.3 Å². The molecule has 0 saturated heterocycles. The maximum absolute atomic E-state index is 14.2. The minimum Gasteiger partial charge on any atom is -0.497 e. The van der Waals surface area contributed by atoms with Crippen LogP contribution < -0.4 is 19.1 Å². The van der Waals surface area contributed by atoms with Crippen LogP contribution in [0.5, 0.6) is 11.5 Å². The van der Waals surface area contributed by atoms with E-state index in [0.29, 0.717) is 12.2 Å². The minimum atomic E-state index is -4.25. The molecule has 0 radical (unpaired) electrons. The summed E-state index contributed by atoms with van der Waals surface area (Å²) >= 11 is 0. The fourth-order valence-electron chi connectivity index (χ4n) is 4.42. The van der Waals surface area contributed by atoms with Crippen LogP contribution in [-0.4, -0.2) is 58.0 Å². The number of carbonyl (C=O) groups is 2. The first-order valence-corrected chi connectivity index (χ1v) is 14.9. The third-order valence-electron chi connectivity index (χ3n) is 6.56. The average molecular weight is 582 g/mol. The second kappa shape index (κ2) is 14.0. The van der Waals surface area contributed by atoms with E-state index in [1.165, 1.54) is 37.3 Å². The van der Waals surface area contributed by atoms with Crippen molar-refractivity contribution in [2.75, 3.05) is 25.1 Å². The van der Waals surface area contributed by atoms with Crippen molar-refractivity contribution in [1.82, 2.24) is 10.2 Å². The zero-order chi connectivity index (χ0) is 30.2. The van der Waals surface area contributed by atoms with Crippen molar-refractivity contribution < 1.29 is 27.5 Å². The van der Waals surface area contributed by atoms with E-state index < -0.39 is 28.5 Å². The first-order chi connectivity index (χ1) is 19.5. The van der Waals surface area contributed by atoms with Gasteiger partial charge >= 0.3 is 0 Å². The smallest absolute Gasteiger partial charge is 0.264 e. The summed E-state index contributed by atoms with van der Waals surface area (Å²) < 4.78 is 40.2. The zero-order valence-electron chi connectivity index (χ0n) is 24.5. The third kappa shape index (κ3) is 7.79. The van der Waals surface area contributed by atoms with Crippen LogP contribution in [0.15, 0.2) is 77.7 Å². The molecule has 220 valence electrons. The fraction of sp³-hybridized carbons (Fsp3) is 0.355. The van der Waals surface area contributed by atoms with Crippen molar-refractivity contribution in [3.63, 3.8) is 0 Å². The quantitative estimate of drug-likeness (QED) is 0.318. The molecule has 9 nitrogen and oxygen atoms in total. The lowest BCUT2D eigenvalue weighted by Crippen LogP contribution is -2.53. The Bertz CT molecular complexity index is 1430. The molecular formula is C31H39N3O6S. The molecule has 0 spiro atoms. The van der Waals surface area contributed by atoms with Crippen LogP contribution in [-0.2, 0) is 26.2 Å². The van der Waals surface area contributed by atoms with Gasteiger partial charge in [-0.15, -0.1) is 0 Å². The van der Waals surface area contributed by atoms with Crippen LogP contribution >= 0.6 is 0 Å². The molecule has 0 heterocycles. The van der Waals surface area contributed by atoms with Gasteiger partial charge in [0.05, 0.1) is 24.8 Å². The highest BCUT2D eigenvalue weighted by atomic mass is 32.2. The Hall–Kier alpha value is -4.05. The number of ether oxygens (including phenoxy) is 2. The summed E-state index contributed by atoms with van der Waals surface area (Å²) in [5.74, 6) is -0.214. The average Bonchev–Trinajstić information content (AvgIpc) is 2.95. The minimum absolute atomic E-state index is 0.0139. The third-order valence-corrected chi connectivity index (χ3v) is 8.33. The van der Waals surface area contributed by atoms with Gasteiger partial charge in [0.2, 0.25) is 11.8 Å². The molecule has 0 fully saturated rings. The lowest BCUT2D eigenvalue weighted by molar-refractivity contribution is -0.140. The number of aryl methyl sites for hydroxylation is 1. The molecule has 10 heteroatoms. The lowest BCUT2D eigenvalue weighted by Gasteiger charge is -2.34. The van der Waals surface area contributed by atoms with Crippen molar-refractivity contribution in [3.05, 3.63) is 83.9 Å². The molecule has 0 saturated carbocycles. The molecule has 2 amide bonds. The molecule has 0 aliphatic rings. The molecule has 1 N–H and O–H groups in total. The van der Waals surface area contributed by atoms with E-state index in [1.807, 2.05) is 58.0 Å². The van der Waals surface area contributed by atoms with Gasteiger partial charge in [-0.3, -0.25) is 13.9 Å². The second-order valence-electron chi connectivity index (χ2n) is 9.96. The molecular weight excluding hydrogens is 542 g/mol. The Morgan fingerprint density at radius 1 is 0.927 bits per heavy atom. The Labute approximate surface area is 243 Å². The monoisotopic (exact) mass is 581 g/mol. The summed E-state index contributed by atoms with van der Waals surface area (Å²) in [6.45, 7) is 6.92. The van der Waals surface area contributed by atoms with E-state index in [4.69, 9.17) is 9.47 Å². The van der Waals surface area contributed by atoms with Crippen molar-refractivity contribution in [2.45, 2.75) is 57.6 Å². The first-order valence-electron chi connectivity index (χ1n) is 13.5. The molecule has 0 aliphatic heterocycles. The van der Waals surface area contributed by atoms with E-state index in [0.717, 1.165) is 15.4 Å². The number of sulfonamides is 1. The molecule has 0 aliphatic carbocycles. The highest BCUT2D eigenvalue weighted by molar-refractivity contribution is 7.92. The SMILES string of the molecule is CC[C@H](C(=O)NC(C)C)N(Cc1ccccc1)C(=O)CN(c1cc(OC)ccc1OC)S(=O)(=O)c1ccc(C)cc1. The summed E-state index contributed by atoms with van der Waals surface area (Å²) in [5.41, 5.74) is 1.84. The van der Waals surface area contributed by atoms with Gasteiger partial charge in [-0.1, -0.05) is 55.0 Å². The summed E-state index contributed by atoms with van der Waals surface area (Å²) in [4.78, 5) is 28.9. The van der Waals surface area contributed by atoms with Crippen LogP contribution in [0.3, 0.4) is 0 Å². The molecule has 3 aromatic carbocycles. The second-order valence-corrected chi connectivity index (χ2v) is 11.8. The van der Waals surface area contributed by atoms with E-state index in [9.17, 15) is 18.0 Å². The molecule has 3 aromatic rings. The maximum Gasteiger partial charge on any atom is 0.264 e. The molecule has 0 aromatic heterocycles. The first kappa shape index (κ1) is 31.5. The standard InChI is InChI=1S/C31H39N3O6S/c1-7-27(31(36)32-22(2)3)33(20-24-11-9-8-10-12-24)30(35)21-34(28-19-25(39-5)15-18-29(28)40-6)41(37,38)26-16-13-23(4)14-17-26/h8-19,22,27H,7,20-21H2,1-6H3,(H,32,36)/t27-/m1/s1. The van der Waals surface area contributed by atoms with Crippen LogP contribution in [0.2, 0.25) is 0 Å². The summed E-state index contributed by atoms with van der Waals surface area (Å²) in [7, 11) is -1.36. The number of carbonyl (C=O) groups excluding carboxylic acids is 2.